The maximum absolute atomic E-state index is 11.9. The van der Waals surface area contributed by atoms with Gasteiger partial charge in [-0.3, -0.25) is 4.79 Å². The van der Waals surface area contributed by atoms with Gasteiger partial charge in [0.15, 0.2) is 0 Å². The molecule has 2 rings (SSSR count). The number of hydrogen-bond acceptors (Lipinski definition) is 3. The van der Waals surface area contributed by atoms with Crippen molar-refractivity contribution in [2.75, 3.05) is 6.54 Å². The molecule has 0 amide bonds. The Bertz CT molecular complexity index is 257. The fraction of sp³-hybridized carbons (Fsp3) is 0.917. The van der Waals surface area contributed by atoms with Gasteiger partial charge >= 0.3 is 5.97 Å². The molecule has 0 unspecified atom stereocenters. The summed E-state index contributed by atoms with van der Waals surface area (Å²) in [4.78, 5) is 11.9. The van der Waals surface area contributed by atoms with E-state index in [1.165, 1.54) is 19.3 Å². The Hall–Kier alpha value is -0.570. The first-order chi connectivity index (χ1) is 6.97. The minimum Gasteiger partial charge on any atom is -0.459 e. The first-order valence-electron chi connectivity index (χ1n) is 5.93. The Kier molecular flexibility index (Phi) is 2.75. The Morgan fingerprint density at radius 3 is 2.73 bits per heavy atom. The van der Waals surface area contributed by atoms with Crippen LogP contribution < -0.4 is 5.32 Å². The second-order valence-electron chi connectivity index (χ2n) is 5.77. The van der Waals surface area contributed by atoms with E-state index in [9.17, 15) is 4.79 Å². The van der Waals surface area contributed by atoms with E-state index < -0.39 is 0 Å². The summed E-state index contributed by atoms with van der Waals surface area (Å²) >= 11 is 0. The zero-order valence-electron chi connectivity index (χ0n) is 9.88. The van der Waals surface area contributed by atoms with Gasteiger partial charge in [0.1, 0.15) is 11.6 Å². The molecule has 3 nitrogen and oxygen atoms in total. The summed E-state index contributed by atoms with van der Waals surface area (Å²) in [5.41, 5.74) is -0.366. The fourth-order valence-electron chi connectivity index (χ4n) is 2.81. The maximum Gasteiger partial charge on any atom is 0.323 e. The zero-order chi connectivity index (χ0) is 11.1. The van der Waals surface area contributed by atoms with Gasteiger partial charge < -0.3 is 10.1 Å². The fourth-order valence-corrected chi connectivity index (χ4v) is 2.81. The van der Waals surface area contributed by atoms with Crippen molar-refractivity contribution < 1.29 is 9.53 Å². The lowest BCUT2D eigenvalue weighted by molar-refractivity contribution is -0.158. The SMILES string of the molecule is CC(C)(C)OC(=O)[C@@H]1NC[C@H]2CCC[C@H]21. The molecule has 0 aromatic rings. The number of carbonyl (C=O) groups excluding carboxylic acids is 1. The first-order valence-corrected chi connectivity index (χ1v) is 5.93. The monoisotopic (exact) mass is 211 g/mol. The first kappa shape index (κ1) is 10.9. The number of fused-ring (bicyclic) bond motifs is 1. The smallest absolute Gasteiger partial charge is 0.323 e. The predicted octanol–water partition coefficient (Wildman–Crippen LogP) is 1.72. The Labute approximate surface area is 91.6 Å². The third-order valence-corrected chi connectivity index (χ3v) is 3.41. The molecule has 1 aliphatic carbocycles. The molecule has 2 fully saturated rings. The summed E-state index contributed by atoms with van der Waals surface area (Å²) < 4.78 is 5.43. The molecule has 3 heteroatoms. The van der Waals surface area contributed by atoms with Crippen molar-refractivity contribution in [1.82, 2.24) is 5.32 Å². The molecule has 0 bridgehead atoms. The molecule has 2 aliphatic rings. The Balaban J connectivity index is 1.96. The summed E-state index contributed by atoms with van der Waals surface area (Å²) in [6, 6.07) is -0.0447. The van der Waals surface area contributed by atoms with Gasteiger partial charge in [-0.25, -0.2) is 0 Å². The van der Waals surface area contributed by atoms with Gasteiger partial charge in [-0.05, 0) is 52.0 Å². The van der Waals surface area contributed by atoms with Crippen LogP contribution in [0.3, 0.4) is 0 Å². The average Bonchev–Trinajstić information content (AvgIpc) is 2.57. The van der Waals surface area contributed by atoms with Crippen LogP contribution in [0, 0.1) is 11.8 Å². The van der Waals surface area contributed by atoms with E-state index in [0.29, 0.717) is 11.8 Å². The molecule has 0 aromatic carbocycles. The maximum atomic E-state index is 11.9. The molecule has 15 heavy (non-hydrogen) atoms. The van der Waals surface area contributed by atoms with Gasteiger partial charge in [-0.15, -0.1) is 0 Å². The summed E-state index contributed by atoms with van der Waals surface area (Å²) in [6.45, 7) is 6.76. The summed E-state index contributed by atoms with van der Waals surface area (Å²) in [5.74, 6) is 1.18. The lowest BCUT2D eigenvalue weighted by atomic mass is 9.94. The summed E-state index contributed by atoms with van der Waals surface area (Å²) in [7, 11) is 0. The van der Waals surface area contributed by atoms with Crippen LogP contribution in [-0.4, -0.2) is 24.2 Å². The van der Waals surface area contributed by atoms with Gasteiger partial charge in [-0.1, -0.05) is 6.42 Å². The van der Waals surface area contributed by atoms with Crippen LogP contribution in [0.4, 0.5) is 0 Å². The summed E-state index contributed by atoms with van der Waals surface area (Å²) in [6.07, 6.45) is 3.73. The number of carbonyl (C=O) groups is 1. The predicted molar refractivity (Wildman–Crippen MR) is 58.5 cm³/mol. The lowest BCUT2D eigenvalue weighted by Gasteiger charge is -2.24. The number of hydrogen-bond donors (Lipinski definition) is 1. The largest absolute Gasteiger partial charge is 0.459 e. The van der Waals surface area contributed by atoms with Crippen molar-refractivity contribution in [1.29, 1.82) is 0 Å². The van der Waals surface area contributed by atoms with E-state index in [1.807, 2.05) is 20.8 Å². The van der Waals surface area contributed by atoms with E-state index in [-0.39, 0.29) is 17.6 Å². The molecule has 0 radical (unpaired) electrons. The van der Waals surface area contributed by atoms with E-state index in [1.54, 1.807) is 0 Å². The molecular formula is C12H21NO2. The van der Waals surface area contributed by atoms with Crippen LogP contribution >= 0.6 is 0 Å². The number of nitrogens with one attached hydrogen (secondary N) is 1. The molecule has 1 heterocycles. The van der Waals surface area contributed by atoms with Crippen molar-refractivity contribution in [3.05, 3.63) is 0 Å². The van der Waals surface area contributed by atoms with Crippen molar-refractivity contribution in [2.45, 2.75) is 51.7 Å². The zero-order valence-corrected chi connectivity index (χ0v) is 9.88. The molecule has 1 aliphatic heterocycles. The highest BCUT2D eigenvalue weighted by Gasteiger charge is 2.43. The molecule has 1 N–H and O–H groups in total. The Morgan fingerprint density at radius 2 is 2.07 bits per heavy atom. The molecule has 3 atom stereocenters. The van der Waals surface area contributed by atoms with Crippen molar-refractivity contribution in [2.24, 2.45) is 11.8 Å². The van der Waals surface area contributed by atoms with Gasteiger partial charge in [0.25, 0.3) is 0 Å². The summed E-state index contributed by atoms with van der Waals surface area (Å²) in [5, 5.41) is 3.31. The quantitative estimate of drug-likeness (QED) is 0.671. The highest BCUT2D eigenvalue weighted by molar-refractivity contribution is 5.77. The van der Waals surface area contributed by atoms with Crippen molar-refractivity contribution in [3.8, 4) is 0 Å². The topological polar surface area (TPSA) is 38.3 Å². The normalized spacial score (nSPS) is 35.3. The van der Waals surface area contributed by atoms with Gasteiger partial charge in [-0.2, -0.15) is 0 Å². The standard InChI is InChI=1S/C12H21NO2/c1-12(2,3)15-11(14)10-9-6-4-5-8(9)7-13-10/h8-10,13H,4-7H2,1-3H3/t8-,9-,10-/m1/s1. The van der Waals surface area contributed by atoms with Crippen molar-refractivity contribution in [3.63, 3.8) is 0 Å². The van der Waals surface area contributed by atoms with E-state index >= 15 is 0 Å². The number of esters is 1. The van der Waals surface area contributed by atoms with Crippen LogP contribution in [0.5, 0.6) is 0 Å². The van der Waals surface area contributed by atoms with E-state index in [2.05, 4.69) is 5.32 Å². The molecule has 0 spiro atoms. The lowest BCUT2D eigenvalue weighted by Crippen LogP contribution is -2.40. The minimum absolute atomic E-state index is 0.0447. The second kappa shape index (κ2) is 3.78. The molecule has 0 aromatic heterocycles. The van der Waals surface area contributed by atoms with E-state index in [0.717, 1.165) is 6.54 Å². The van der Waals surface area contributed by atoms with Gasteiger partial charge in [0.2, 0.25) is 0 Å². The van der Waals surface area contributed by atoms with Gasteiger partial charge in [0.05, 0.1) is 0 Å². The molecule has 1 saturated heterocycles. The highest BCUT2D eigenvalue weighted by Crippen LogP contribution is 2.38. The van der Waals surface area contributed by atoms with Crippen LogP contribution in [-0.2, 0) is 9.53 Å². The van der Waals surface area contributed by atoms with Crippen LogP contribution in [0.25, 0.3) is 0 Å². The van der Waals surface area contributed by atoms with E-state index in [4.69, 9.17) is 4.74 Å². The van der Waals surface area contributed by atoms with Crippen LogP contribution in [0.15, 0.2) is 0 Å². The molecular weight excluding hydrogens is 190 g/mol. The molecule has 86 valence electrons. The Morgan fingerprint density at radius 1 is 1.33 bits per heavy atom. The minimum atomic E-state index is -0.366. The highest BCUT2D eigenvalue weighted by atomic mass is 16.6. The average molecular weight is 211 g/mol. The number of rotatable bonds is 1. The number of ether oxygens (including phenoxy) is 1. The van der Waals surface area contributed by atoms with Crippen molar-refractivity contribution >= 4 is 5.97 Å². The molecule has 1 saturated carbocycles. The van der Waals surface area contributed by atoms with Crippen LogP contribution in [0.1, 0.15) is 40.0 Å². The van der Waals surface area contributed by atoms with Crippen LogP contribution in [0.2, 0.25) is 0 Å². The third kappa shape index (κ3) is 2.33. The third-order valence-electron chi connectivity index (χ3n) is 3.41. The second-order valence-corrected chi connectivity index (χ2v) is 5.77. The van der Waals surface area contributed by atoms with Gasteiger partial charge in [0, 0.05) is 0 Å².